The fourth-order valence-electron chi connectivity index (χ4n) is 4.94. The molecule has 0 radical (unpaired) electrons. The Morgan fingerprint density at radius 2 is 1.24 bits per heavy atom. The molecule has 0 aliphatic carbocycles. The molecule has 0 N–H and O–H groups in total. The van der Waals surface area contributed by atoms with Gasteiger partial charge in [0, 0.05) is 27.8 Å². The number of fused-ring (bicyclic) bond motifs is 1. The number of hydrogen-bond donors (Lipinski definition) is 0. The van der Waals surface area contributed by atoms with Crippen LogP contribution in [0.1, 0.15) is 11.5 Å². The minimum absolute atomic E-state index is 0.554. The zero-order valence-corrected chi connectivity index (χ0v) is 22.8. The number of para-hydroxylation sites is 1. The number of aryl methyl sites for hydroxylation is 1. The van der Waals surface area contributed by atoms with Gasteiger partial charge in [0.05, 0.1) is 5.52 Å². The van der Waals surface area contributed by atoms with Gasteiger partial charge < -0.3 is 0 Å². The Hall–Kier alpha value is -5.48. The van der Waals surface area contributed by atoms with Crippen molar-refractivity contribution in [1.29, 1.82) is 0 Å². The van der Waals surface area contributed by atoms with Gasteiger partial charge in [0.2, 0.25) is 0 Å². The zero-order chi connectivity index (χ0) is 28.2. The van der Waals surface area contributed by atoms with Crippen molar-refractivity contribution in [2.45, 2.75) is 6.92 Å². The van der Waals surface area contributed by atoms with Crippen LogP contribution in [0, 0.1) is 6.92 Å². The third-order valence-corrected chi connectivity index (χ3v) is 6.94. The van der Waals surface area contributed by atoms with Gasteiger partial charge in [0.25, 0.3) is 0 Å². The molecule has 0 saturated heterocycles. The predicted molar refractivity (Wildman–Crippen MR) is 170 cm³/mol. The van der Waals surface area contributed by atoms with Crippen LogP contribution < -0.4 is 0 Å². The monoisotopic (exact) mass is 528 g/mol. The second-order valence-corrected chi connectivity index (χ2v) is 9.72. The first-order valence-electron chi connectivity index (χ1n) is 13.5. The minimum Gasteiger partial charge on any atom is -0.253 e. The van der Waals surface area contributed by atoms with Crippen LogP contribution in [0.5, 0.6) is 0 Å². The Bertz CT molecular complexity index is 1920. The quantitative estimate of drug-likeness (QED) is 0.194. The number of nitrogens with zero attached hydrogens (tertiary/aromatic N) is 4. The molecular weight excluding hydrogens is 500 g/mol. The van der Waals surface area contributed by atoms with E-state index >= 15 is 0 Å². The summed E-state index contributed by atoms with van der Waals surface area (Å²) in [6.45, 7) is 9.81. The van der Waals surface area contributed by atoms with Crippen LogP contribution in [0.15, 0.2) is 141 Å². The molecule has 4 nitrogen and oxygen atoms in total. The van der Waals surface area contributed by atoms with E-state index in [1.807, 2.05) is 61.5 Å². The molecule has 2 aromatic heterocycles. The Kier molecular flexibility index (Phi) is 7.12. The molecule has 0 spiro atoms. The molecule has 0 bridgehead atoms. The summed E-state index contributed by atoms with van der Waals surface area (Å²) in [6, 6.07) is 37.3. The molecule has 0 fully saturated rings. The molecule has 4 aromatic carbocycles. The van der Waals surface area contributed by atoms with Crippen LogP contribution in [0.4, 0.5) is 0 Å². The van der Waals surface area contributed by atoms with Gasteiger partial charge >= 0.3 is 0 Å². The molecule has 196 valence electrons. The highest BCUT2D eigenvalue weighted by Crippen LogP contribution is 2.32. The number of benzene rings is 4. The molecular formula is C37H28N4. The second kappa shape index (κ2) is 11.3. The highest BCUT2D eigenvalue weighted by molar-refractivity contribution is 5.95. The summed E-state index contributed by atoms with van der Waals surface area (Å²) >= 11 is 0. The van der Waals surface area contributed by atoms with Crippen molar-refractivity contribution in [3.8, 4) is 45.0 Å². The Labute approximate surface area is 240 Å². The van der Waals surface area contributed by atoms with Crippen molar-refractivity contribution < 1.29 is 0 Å². The van der Waals surface area contributed by atoms with Crippen molar-refractivity contribution in [3.63, 3.8) is 0 Å². The van der Waals surface area contributed by atoms with E-state index in [0.717, 1.165) is 50.0 Å². The van der Waals surface area contributed by atoms with E-state index in [9.17, 15) is 0 Å². The van der Waals surface area contributed by atoms with E-state index < -0.39 is 0 Å². The Morgan fingerprint density at radius 3 is 2.00 bits per heavy atom. The molecule has 6 rings (SSSR count). The maximum Gasteiger partial charge on any atom is 0.164 e. The number of rotatable bonds is 7. The van der Waals surface area contributed by atoms with Crippen molar-refractivity contribution >= 4 is 16.5 Å². The molecule has 0 amide bonds. The van der Waals surface area contributed by atoms with Crippen LogP contribution in [0.2, 0.25) is 0 Å². The smallest absolute Gasteiger partial charge is 0.164 e. The summed E-state index contributed by atoms with van der Waals surface area (Å²) in [4.78, 5) is 19.1. The Morgan fingerprint density at radius 1 is 0.585 bits per heavy atom. The molecule has 41 heavy (non-hydrogen) atoms. The molecule has 0 aliphatic rings. The van der Waals surface area contributed by atoms with E-state index in [2.05, 4.69) is 73.8 Å². The highest BCUT2D eigenvalue weighted by Gasteiger charge is 2.13. The van der Waals surface area contributed by atoms with E-state index in [4.69, 9.17) is 19.9 Å². The van der Waals surface area contributed by atoms with E-state index in [-0.39, 0.29) is 0 Å². The molecule has 6 aromatic rings. The number of aromatic nitrogens is 4. The molecule has 4 heteroatoms. The third kappa shape index (κ3) is 5.36. The number of hydrogen-bond acceptors (Lipinski definition) is 4. The van der Waals surface area contributed by atoms with E-state index in [1.165, 1.54) is 5.56 Å². The van der Waals surface area contributed by atoms with Crippen LogP contribution in [-0.4, -0.2) is 19.9 Å². The molecule has 2 heterocycles. The van der Waals surface area contributed by atoms with Crippen LogP contribution >= 0.6 is 0 Å². The molecule has 0 unspecified atom stereocenters. The molecule has 0 atom stereocenters. The summed E-state index contributed by atoms with van der Waals surface area (Å²) in [5, 5.41) is 1.15. The van der Waals surface area contributed by atoms with Gasteiger partial charge in [0.15, 0.2) is 17.5 Å². The maximum atomic E-state index is 4.86. The summed E-state index contributed by atoms with van der Waals surface area (Å²) in [7, 11) is 0. The van der Waals surface area contributed by atoms with Crippen molar-refractivity contribution in [3.05, 3.63) is 152 Å². The third-order valence-electron chi connectivity index (χ3n) is 6.94. The van der Waals surface area contributed by atoms with Gasteiger partial charge in [0.1, 0.15) is 0 Å². The predicted octanol–water partition coefficient (Wildman–Crippen LogP) is 9.15. The fourth-order valence-corrected chi connectivity index (χ4v) is 4.94. The lowest BCUT2D eigenvalue weighted by Crippen LogP contribution is -2.02. The van der Waals surface area contributed by atoms with E-state index in [0.29, 0.717) is 17.5 Å². The van der Waals surface area contributed by atoms with Gasteiger partial charge in [-0.3, -0.25) is 4.98 Å². The first-order valence-corrected chi connectivity index (χ1v) is 13.5. The highest BCUT2D eigenvalue weighted by atomic mass is 15.0. The van der Waals surface area contributed by atoms with Crippen molar-refractivity contribution in [2.24, 2.45) is 0 Å². The Balaban J connectivity index is 1.40. The van der Waals surface area contributed by atoms with Crippen LogP contribution in [-0.2, 0) is 0 Å². The number of pyridine rings is 1. The lowest BCUT2D eigenvalue weighted by atomic mass is 9.96. The first kappa shape index (κ1) is 25.8. The van der Waals surface area contributed by atoms with Crippen molar-refractivity contribution in [1.82, 2.24) is 19.9 Å². The van der Waals surface area contributed by atoms with Gasteiger partial charge in [-0.2, -0.15) is 0 Å². The second-order valence-electron chi connectivity index (χ2n) is 9.72. The normalized spacial score (nSPS) is 11.4. The standard InChI is InChI=1S/C37H28N4/c1-4-12-26(5-2)35-39-36(29-13-7-6-8-14-29)41-37(40-35)31-16-11-15-30(24-31)27-19-21-28(22-20-27)33-23-25(3)38-34-18-10-9-17-32(33)34/h4-24H,1-2H2,3H3/b26-12+. The van der Waals surface area contributed by atoms with Crippen LogP contribution in [0.25, 0.3) is 61.5 Å². The summed E-state index contributed by atoms with van der Waals surface area (Å²) in [6.07, 6.45) is 5.30. The SMILES string of the molecule is C=C/C=C(\C=C)c1nc(-c2ccccc2)nc(-c2cccc(-c3ccc(-c4cc(C)nc5ccccc45)cc3)c2)n1. The summed E-state index contributed by atoms with van der Waals surface area (Å²) < 4.78 is 0. The lowest BCUT2D eigenvalue weighted by molar-refractivity contribution is 1.04. The molecule has 0 aliphatic heterocycles. The minimum atomic E-state index is 0.554. The van der Waals surface area contributed by atoms with E-state index in [1.54, 1.807) is 12.2 Å². The first-order chi connectivity index (χ1) is 20.1. The van der Waals surface area contributed by atoms with Gasteiger partial charge in [-0.15, -0.1) is 0 Å². The summed E-state index contributed by atoms with van der Waals surface area (Å²) in [5.74, 6) is 1.76. The number of allylic oxidation sites excluding steroid dienone is 4. The fraction of sp³-hybridized carbons (Fsp3) is 0.0270. The molecule has 0 saturated carbocycles. The van der Waals surface area contributed by atoms with Crippen molar-refractivity contribution in [2.75, 3.05) is 0 Å². The lowest BCUT2D eigenvalue weighted by Gasteiger charge is -2.11. The maximum absolute atomic E-state index is 4.86. The van der Waals surface area contributed by atoms with Gasteiger partial charge in [-0.25, -0.2) is 15.0 Å². The summed E-state index contributed by atoms with van der Waals surface area (Å²) in [5.41, 5.74) is 9.16. The topological polar surface area (TPSA) is 51.6 Å². The van der Waals surface area contributed by atoms with Gasteiger partial charge in [-0.1, -0.05) is 122 Å². The average molecular weight is 529 g/mol. The zero-order valence-electron chi connectivity index (χ0n) is 22.8. The van der Waals surface area contributed by atoms with Crippen LogP contribution in [0.3, 0.4) is 0 Å². The largest absolute Gasteiger partial charge is 0.253 e. The van der Waals surface area contributed by atoms with Gasteiger partial charge in [-0.05, 0) is 47.4 Å². The average Bonchev–Trinajstić information content (AvgIpc) is 3.03.